The minimum absolute atomic E-state index is 0.794. The second-order valence-electron chi connectivity index (χ2n) is 4.55. The summed E-state index contributed by atoms with van der Waals surface area (Å²) in [5.41, 5.74) is 3.49. The van der Waals surface area contributed by atoms with Crippen LogP contribution in [0, 0.1) is 6.92 Å². The summed E-state index contributed by atoms with van der Waals surface area (Å²) in [7, 11) is 1.92. The second-order valence-corrected chi connectivity index (χ2v) is 4.55. The average molecular weight is 249 g/mol. The molecule has 0 spiro atoms. The first-order chi connectivity index (χ1) is 9.24. The van der Waals surface area contributed by atoms with E-state index in [9.17, 15) is 0 Å². The first-order valence-corrected chi connectivity index (χ1v) is 6.27. The molecule has 0 radical (unpaired) electrons. The predicted octanol–water partition coefficient (Wildman–Crippen LogP) is 3.46. The van der Waals surface area contributed by atoms with Crippen LogP contribution in [0.3, 0.4) is 0 Å². The maximum atomic E-state index is 4.47. The Hall–Kier alpha value is -2.42. The van der Waals surface area contributed by atoms with Gasteiger partial charge in [-0.15, -0.1) is 0 Å². The molecule has 0 N–H and O–H groups in total. The van der Waals surface area contributed by atoms with Gasteiger partial charge in [-0.3, -0.25) is 0 Å². The van der Waals surface area contributed by atoms with Crippen LogP contribution in [0.1, 0.15) is 5.82 Å². The highest BCUT2D eigenvalue weighted by Crippen LogP contribution is 2.24. The summed E-state index contributed by atoms with van der Waals surface area (Å²) in [5.74, 6) is 1.69. The van der Waals surface area contributed by atoms with E-state index >= 15 is 0 Å². The van der Waals surface area contributed by atoms with Crippen LogP contribution in [-0.2, 0) is 7.05 Å². The summed E-state index contributed by atoms with van der Waals surface area (Å²) in [6.07, 6.45) is 0. The maximum Gasteiger partial charge on any atom is 0.158 e. The molecule has 94 valence electrons. The van der Waals surface area contributed by atoms with Crippen LogP contribution in [0.25, 0.3) is 22.5 Å². The highest BCUT2D eigenvalue weighted by molar-refractivity contribution is 5.70. The highest BCUT2D eigenvalue weighted by atomic mass is 15.3. The van der Waals surface area contributed by atoms with Crippen molar-refractivity contribution in [3.63, 3.8) is 0 Å². The van der Waals surface area contributed by atoms with Gasteiger partial charge in [0.05, 0.1) is 0 Å². The summed E-state index contributed by atoms with van der Waals surface area (Å²) < 4.78 is 1.82. The molecular formula is C16H15N3. The van der Waals surface area contributed by atoms with Crippen molar-refractivity contribution in [2.24, 2.45) is 7.05 Å². The van der Waals surface area contributed by atoms with Gasteiger partial charge < -0.3 is 0 Å². The Morgan fingerprint density at radius 2 is 1.53 bits per heavy atom. The van der Waals surface area contributed by atoms with Crippen LogP contribution >= 0.6 is 0 Å². The SMILES string of the molecule is Cc1nc(-c2cccc(-c3ccccc3)c2)n(C)n1. The Balaban J connectivity index is 2.08. The molecule has 1 aromatic heterocycles. The molecular weight excluding hydrogens is 234 g/mol. The van der Waals surface area contributed by atoms with Crippen molar-refractivity contribution < 1.29 is 0 Å². The molecule has 3 nitrogen and oxygen atoms in total. The topological polar surface area (TPSA) is 30.7 Å². The molecule has 3 aromatic rings. The van der Waals surface area contributed by atoms with Crippen LogP contribution in [0.15, 0.2) is 54.6 Å². The molecule has 3 heteroatoms. The molecule has 0 saturated heterocycles. The molecule has 0 amide bonds. The molecule has 0 atom stereocenters. The Labute approximate surface area is 112 Å². The fraction of sp³-hybridized carbons (Fsp3) is 0.125. The molecule has 3 rings (SSSR count). The van der Waals surface area contributed by atoms with Crippen LogP contribution in [0.2, 0.25) is 0 Å². The van der Waals surface area contributed by atoms with Gasteiger partial charge in [0.2, 0.25) is 0 Å². The molecule has 0 aliphatic rings. The van der Waals surface area contributed by atoms with E-state index in [1.807, 2.05) is 24.7 Å². The summed E-state index contributed by atoms with van der Waals surface area (Å²) in [6.45, 7) is 1.91. The van der Waals surface area contributed by atoms with Crippen molar-refractivity contribution >= 4 is 0 Å². The molecule has 19 heavy (non-hydrogen) atoms. The van der Waals surface area contributed by atoms with Crippen LogP contribution in [-0.4, -0.2) is 14.8 Å². The van der Waals surface area contributed by atoms with E-state index in [4.69, 9.17) is 0 Å². The first kappa shape index (κ1) is 11.7. The van der Waals surface area contributed by atoms with Gasteiger partial charge in [-0.2, -0.15) is 5.10 Å². The zero-order valence-electron chi connectivity index (χ0n) is 11.0. The second kappa shape index (κ2) is 4.69. The summed E-state index contributed by atoms with van der Waals surface area (Å²) in [5, 5.41) is 4.30. The van der Waals surface area contributed by atoms with Crippen LogP contribution in [0.5, 0.6) is 0 Å². The quantitative estimate of drug-likeness (QED) is 0.696. The van der Waals surface area contributed by atoms with Crippen molar-refractivity contribution in [1.29, 1.82) is 0 Å². The number of hydrogen-bond donors (Lipinski definition) is 0. The minimum atomic E-state index is 0.794. The average Bonchev–Trinajstić information content (AvgIpc) is 2.79. The standard InChI is InChI=1S/C16H15N3/c1-12-17-16(19(2)18-12)15-10-6-9-14(11-15)13-7-4-3-5-8-13/h3-11H,1-2H3. The van der Waals surface area contributed by atoms with Gasteiger partial charge in [0, 0.05) is 12.6 Å². The molecule has 0 aliphatic carbocycles. The van der Waals surface area contributed by atoms with E-state index in [1.54, 1.807) is 0 Å². The van der Waals surface area contributed by atoms with Crippen molar-refractivity contribution in [1.82, 2.24) is 14.8 Å². The zero-order valence-corrected chi connectivity index (χ0v) is 11.0. The zero-order chi connectivity index (χ0) is 13.2. The van der Waals surface area contributed by atoms with Gasteiger partial charge in [-0.1, -0.05) is 48.5 Å². The van der Waals surface area contributed by atoms with E-state index in [0.29, 0.717) is 0 Å². The minimum Gasteiger partial charge on any atom is -0.249 e. The summed E-state index contributed by atoms with van der Waals surface area (Å²) in [4.78, 5) is 4.47. The largest absolute Gasteiger partial charge is 0.249 e. The smallest absolute Gasteiger partial charge is 0.158 e. The van der Waals surface area contributed by atoms with Gasteiger partial charge in [0.15, 0.2) is 5.82 Å². The van der Waals surface area contributed by atoms with E-state index < -0.39 is 0 Å². The Bertz CT molecular complexity index is 699. The normalized spacial score (nSPS) is 10.6. The lowest BCUT2D eigenvalue weighted by Crippen LogP contribution is -1.94. The molecule has 0 saturated carbocycles. The molecule has 1 heterocycles. The maximum absolute atomic E-state index is 4.47. The van der Waals surface area contributed by atoms with E-state index in [1.165, 1.54) is 11.1 Å². The third-order valence-electron chi connectivity index (χ3n) is 3.10. The Kier molecular flexibility index (Phi) is 2.88. The number of rotatable bonds is 2. The first-order valence-electron chi connectivity index (χ1n) is 6.27. The van der Waals surface area contributed by atoms with Gasteiger partial charge in [-0.05, 0) is 24.1 Å². The van der Waals surface area contributed by atoms with E-state index in [2.05, 4.69) is 58.6 Å². The number of benzene rings is 2. The molecule has 0 fully saturated rings. The number of hydrogen-bond acceptors (Lipinski definition) is 2. The van der Waals surface area contributed by atoms with Crippen molar-refractivity contribution in [3.05, 3.63) is 60.4 Å². The monoisotopic (exact) mass is 249 g/mol. The summed E-state index contributed by atoms with van der Waals surface area (Å²) in [6, 6.07) is 18.7. The van der Waals surface area contributed by atoms with Crippen molar-refractivity contribution in [2.45, 2.75) is 6.92 Å². The van der Waals surface area contributed by atoms with E-state index in [-0.39, 0.29) is 0 Å². The number of nitrogens with zero attached hydrogens (tertiary/aromatic N) is 3. The fourth-order valence-corrected chi connectivity index (χ4v) is 2.23. The lowest BCUT2D eigenvalue weighted by molar-refractivity contribution is 0.764. The third kappa shape index (κ3) is 2.27. The number of aromatic nitrogens is 3. The molecule has 2 aromatic carbocycles. The van der Waals surface area contributed by atoms with Gasteiger partial charge in [0.1, 0.15) is 5.82 Å². The van der Waals surface area contributed by atoms with Crippen molar-refractivity contribution in [2.75, 3.05) is 0 Å². The molecule has 0 unspecified atom stereocenters. The Morgan fingerprint density at radius 3 is 2.21 bits per heavy atom. The van der Waals surface area contributed by atoms with Gasteiger partial charge in [0.25, 0.3) is 0 Å². The van der Waals surface area contributed by atoms with Crippen LogP contribution in [0.4, 0.5) is 0 Å². The van der Waals surface area contributed by atoms with E-state index in [0.717, 1.165) is 17.2 Å². The predicted molar refractivity (Wildman–Crippen MR) is 76.6 cm³/mol. The lowest BCUT2D eigenvalue weighted by atomic mass is 10.0. The highest BCUT2D eigenvalue weighted by Gasteiger charge is 2.07. The van der Waals surface area contributed by atoms with Gasteiger partial charge in [-0.25, -0.2) is 9.67 Å². The third-order valence-corrected chi connectivity index (χ3v) is 3.10. The lowest BCUT2D eigenvalue weighted by Gasteiger charge is -2.05. The molecule has 0 bridgehead atoms. The van der Waals surface area contributed by atoms with Crippen molar-refractivity contribution in [3.8, 4) is 22.5 Å². The number of aryl methyl sites for hydroxylation is 2. The van der Waals surface area contributed by atoms with Gasteiger partial charge >= 0.3 is 0 Å². The molecule has 0 aliphatic heterocycles. The Morgan fingerprint density at radius 1 is 0.842 bits per heavy atom. The fourth-order valence-electron chi connectivity index (χ4n) is 2.23. The van der Waals surface area contributed by atoms with Crippen LogP contribution < -0.4 is 0 Å². The summed E-state index contributed by atoms with van der Waals surface area (Å²) >= 11 is 0.